The first-order chi connectivity index (χ1) is 18.6. The van der Waals surface area contributed by atoms with E-state index < -0.39 is 17.9 Å². The summed E-state index contributed by atoms with van der Waals surface area (Å²) in [6.07, 6.45) is 2.12. The van der Waals surface area contributed by atoms with Gasteiger partial charge in [-0.05, 0) is 46.9 Å². The summed E-state index contributed by atoms with van der Waals surface area (Å²) in [7, 11) is 1.98. The molecule has 0 bridgehead atoms. The highest BCUT2D eigenvalue weighted by Crippen LogP contribution is 2.29. The first-order valence-corrected chi connectivity index (χ1v) is 12.7. The molecule has 0 aliphatic rings. The second-order valence-corrected chi connectivity index (χ2v) is 10.7. The van der Waals surface area contributed by atoms with Crippen molar-refractivity contribution < 1.29 is 19.2 Å². The Morgan fingerprint density at radius 1 is 1.00 bits per heavy atom. The van der Waals surface area contributed by atoms with Gasteiger partial charge in [0.05, 0.1) is 0 Å². The molecule has 2 heterocycles. The molecule has 0 saturated carbocycles. The van der Waals surface area contributed by atoms with Crippen LogP contribution < -0.4 is 5.32 Å². The van der Waals surface area contributed by atoms with Crippen LogP contribution in [-0.2, 0) is 23.7 Å². The predicted molar refractivity (Wildman–Crippen MR) is 149 cm³/mol. The molecule has 8 nitrogen and oxygen atoms in total. The highest BCUT2D eigenvalue weighted by molar-refractivity contribution is 5.96. The monoisotopic (exact) mass is 522 g/mol. The van der Waals surface area contributed by atoms with Crippen LogP contribution in [0.4, 0.5) is 0 Å². The Morgan fingerprint density at radius 3 is 2.38 bits per heavy atom. The summed E-state index contributed by atoms with van der Waals surface area (Å²) >= 11 is 0. The molecule has 0 unspecified atom stereocenters. The molecule has 1 amide bonds. The van der Waals surface area contributed by atoms with Crippen LogP contribution in [-0.4, -0.2) is 37.7 Å². The van der Waals surface area contributed by atoms with Crippen molar-refractivity contribution in [1.29, 1.82) is 0 Å². The number of carboxylic acid groups (broad SMARTS) is 1. The van der Waals surface area contributed by atoms with E-state index in [1.165, 1.54) is 0 Å². The Morgan fingerprint density at radius 2 is 1.72 bits per heavy atom. The van der Waals surface area contributed by atoms with E-state index in [1.54, 1.807) is 12.1 Å². The molecule has 0 fully saturated rings. The molecule has 8 heteroatoms. The van der Waals surface area contributed by atoms with Crippen molar-refractivity contribution in [3.8, 4) is 22.8 Å². The van der Waals surface area contributed by atoms with Crippen LogP contribution in [0.15, 0.2) is 83.5 Å². The van der Waals surface area contributed by atoms with Gasteiger partial charge in [0.2, 0.25) is 5.82 Å². The summed E-state index contributed by atoms with van der Waals surface area (Å²) in [6, 6.07) is 21.4. The maximum Gasteiger partial charge on any atom is 0.326 e. The fraction of sp³-hybridized carbons (Fsp3) is 0.226. The lowest BCUT2D eigenvalue weighted by molar-refractivity contribution is -0.139. The van der Waals surface area contributed by atoms with Crippen LogP contribution in [0.5, 0.6) is 0 Å². The summed E-state index contributed by atoms with van der Waals surface area (Å²) in [6.45, 7) is 6.28. The summed E-state index contributed by atoms with van der Waals surface area (Å²) in [5.74, 6) is -0.662. The molecular weight excluding hydrogens is 492 g/mol. The molecule has 2 N–H and O–H groups in total. The minimum atomic E-state index is -1.10. The van der Waals surface area contributed by atoms with Crippen LogP contribution >= 0.6 is 0 Å². The number of carbonyl (C=O) groups excluding carboxylic acids is 1. The van der Waals surface area contributed by atoms with Crippen molar-refractivity contribution >= 4 is 22.8 Å². The number of aryl methyl sites for hydroxylation is 1. The molecule has 0 aliphatic carbocycles. The van der Waals surface area contributed by atoms with Crippen molar-refractivity contribution in [3.05, 3.63) is 95.7 Å². The first-order valence-electron chi connectivity index (χ1n) is 12.7. The van der Waals surface area contributed by atoms with E-state index >= 15 is 0 Å². The molecule has 1 atom stereocenters. The molecule has 39 heavy (non-hydrogen) atoms. The van der Waals surface area contributed by atoms with Gasteiger partial charge in [-0.3, -0.25) is 4.79 Å². The number of nitrogens with zero attached hydrogens (tertiary/aromatic N) is 3. The molecule has 3 aromatic carbocycles. The summed E-state index contributed by atoms with van der Waals surface area (Å²) < 4.78 is 7.60. The van der Waals surface area contributed by atoms with E-state index in [-0.39, 0.29) is 11.8 Å². The second kappa shape index (κ2) is 10.2. The fourth-order valence-corrected chi connectivity index (χ4v) is 4.53. The van der Waals surface area contributed by atoms with Gasteiger partial charge >= 0.3 is 5.97 Å². The van der Waals surface area contributed by atoms with Gasteiger partial charge < -0.3 is 19.5 Å². The number of carbonyl (C=O) groups is 2. The van der Waals surface area contributed by atoms with Crippen LogP contribution in [0.25, 0.3) is 33.7 Å². The van der Waals surface area contributed by atoms with Crippen LogP contribution in [0.1, 0.15) is 42.3 Å². The van der Waals surface area contributed by atoms with E-state index in [2.05, 4.69) is 36.2 Å². The first kappa shape index (κ1) is 25.9. The Labute approximate surface area is 226 Å². The number of aromatic nitrogens is 3. The summed E-state index contributed by atoms with van der Waals surface area (Å²) in [4.78, 5) is 29.3. The fourth-order valence-electron chi connectivity index (χ4n) is 4.53. The van der Waals surface area contributed by atoms with Gasteiger partial charge in [-0.1, -0.05) is 68.4 Å². The quantitative estimate of drug-likeness (QED) is 0.287. The van der Waals surface area contributed by atoms with Crippen LogP contribution in [0.3, 0.4) is 0 Å². The lowest BCUT2D eigenvalue weighted by Gasteiger charge is -2.19. The zero-order chi connectivity index (χ0) is 27.7. The third kappa shape index (κ3) is 5.45. The number of amides is 1. The predicted octanol–water partition coefficient (Wildman–Crippen LogP) is 5.62. The van der Waals surface area contributed by atoms with Crippen LogP contribution in [0.2, 0.25) is 0 Å². The number of hydrogen-bond donors (Lipinski definition) is 2. The van der Waals surface area contributed by atoms with Gasteiger partial charge in [0.15, 0.2) is 0 Å². The van der Waals surface area contributed by atoms with E-state index in [1.807, 2.05) is 78.5 Å². The van der Waals surface area contributed by atoms with Gasteiger partial charge in [-0.2, -0.15) is 4.98 Å². The number of carboxylic acids is 1. The standard InChI is InChI=1S/C31H30N4O4/c1-31(2,3)22-14-12-21(13-15-22)28(36)32-25(30(37)38)18-19-8-10-20(11-9-19)27-33-29(39-34-27)24-6-5-7-26-23(24)16-17-35(26)4/h5-17,25H,18H2,1-4H3,(H,32,36)(H,37,38)/t25-/m0/s1. The maximum absolute atomic E-state index is 12.7. The molecule has 0 spiro atoms. The van der Waals surface area contributed by atoms with Crippen molar-refractivity contribution in [2.45, 2.75) is 38.6 Å². The average Bonchev–Trinajstić information content (AvgIpc) is 3.55. The van der Waals surface area contributed by atoms with E-state index in [0.717, 1.165) is 33.2 Å². The van der Waals surface area contributed by atoms with E-state index in [4.69, 9.17) is 4.52 Å². The largest absolute Gasteiger partial charge is 0.480 e. The van der Waals surface area contributed by atoms with E-state index in [9.17, 15) is 14.7 Å². The van der Waals surface area contributed by atoms with Crippen molar-refractivity contribution in [3.63, 3.8) is 0 Å². The van der Waals surface area contributed by atoms with Crippen LogP contribution in [0, 0.1) is 0 Å². The molecule has 5 aromatic rings. The minimum absolute atomic E-state index is 0.0379. The number of rotatable bonds is 7. The Bertz CT molecular complexity index is 1640. The second-order valence-electron chi connectivity index (χ2n) is 10.7. The lowest BCUT2D eigenvalue weighted by Crippen LogP contribution is -2.42. The normalized spacial score (nSPS) is 12.4. The Balaban J connectivity index is 1.28. The highest BCUT2D eigenvalue weighted by Gasteiger charge is 2.22. The van der Waals surface area contributed by atoms with Gasteiger partial charge in [0, 0.05) is 47.3 Å². The molecular formula is C31H30N4O4. The minimum Gasteiger partial charge on any atom is -0.480 e. The molecule has 0 saturated heterocycles. The van der Waals surface area contributed by atoms with Crippen molar-refractivity contribution in [2.75, 3.05) is 0 Å². The number of hydrogen-bond acceptors (Lipinski definition) is 5. The average molecular weight is 523 g/mol. The number of benzene rings is 3. The van der Waals surface area contributed by atoms with Gasteiger partial charge in [-0.15, -0.1) is 0 Å². The zero-order valence-electron chi connectivity index (χ0n) is 22.3. The molecule has 2 aromatic heterocycles. The topological polar surface area (TPSA) is 110 Å². The summed E-state index contributed by atoms with van der Waals surface area (Å²) in [5.41, 5.74) is 4.90. The highest BCUT2D eigenvalue weighted by atomic mass is 16.5. The number of fused-ring (bicyclic) bond motifs is 1. The molecule has 0 radical (unpaired) electrons. The SMILES string of the molecule is Cn1ccc2c(-c3nc(-c4ccc(C[C@H](NC(=O)c5ccc(C(C)(C)C)cc5)C(=O)O)cc4)no3)cccc21. The third-order valence-corrected chi connectivity index (χ3v) is 6.85. The lowest BCUT2D eigenvalue weighted by atomic mass is 9.86. The number of nitrogens with one attached hydrogen (secondary N) is 1. The van der Waals surface area contributed by atoms with Gasteiger partial charge in [0.25, 0.3) is 11.8 Å². The van der Waals surface area contributed by atoms with Gasteiger partial charge in [-0.25, -0.2) is 4.79 Å². The van der Waals surface area contributed by atoms with Gasteiger partial charge in [0.1, 0.15) is 6.04 Å². The Kier molecular flexibility index (Phi) is 6.78. The van der Waals surface area contributed by atoms with E-state index in [0.29, 0.717) is 17.3 Å². The zero-order valence-corrected chi connectivity index (χ0v) is 22.3. The Hall–Kier alpha value is -4.72. The van der Waals surface area contributed by atoms with Crippen molar-refractivity contribution in [2.24, 2.45) is 7.05 Å². The third-order valence-electron chi connectivity index (χ3n) is 6.85. The maximum atomic E-state index is 12.7. The van der Waals surface area contributed by atoms with Crippen molar-refractivity contribution in [1.82, 2.24) is 20.0 Å². The smallest absolute Gasteiger partial charge is 0.326 e. The number of aliphatic carboxylic acids is 1. The summed E-state index contributed by atoms with van der Waals surface area (Å²) in [5, 5.41) is 17.6. The molecule has 198 valence electrons. The molecule has 0 aliphatic heterocycles. The molecule has 5 rings (SSSR count).